The van der Waals surface area contributed by atoms with E-state index in [-0.39, 0.29) is 24.0 Å². The van der Waals surface area contributed by atoms with Gasteiger partial charge in [0.2, 0.25) is 0 Å². The number of nitrogens with zero attached hydrogens (tertiary/aromatic N) is 4. The highest BCUT2D eigenvalue weighted by Crippen LogP contribution is 2.11. The molecule has 0 aliphatic carbocycles. The molecule has 0 unspecified atom stereocenters. The summed E-state index contributed by atoms with van der Waals surface area (Å²) in [6.45, 7) is 4.39. The second-order valence-corrected chi connectivity index (χ2v) is 7.31. The van der Waals surface area contributed by atoms with Gasteiger partial charge < -0.3 is 10.6 Å². The molecule has 0 fully saturated rings. The number of rotatable bonds is 7. The molecule has 1 aromatic carbocycles. The Morgan fingerprint density at radius 3 is 2.78 bits per heavy atom. The van der Waals surface area contributed by atoms with Crippen LogP contribution in [0.25, 0.3) is 0 Å². The van der Waals surface area contributed by atoms with Gasteiger partial charge in [0.05, 0.1) is 11.6 Å². The van der Waals surface area contributed by atoms with Gasteiger partial charge in [0, 0.05) is 50.0 Å². The first-order valence-electron chi connectivity index (χ1n) is 8.64. The number of guanidine groups is 1. The van der Waals surface area contributed by atoms with Crippen LogP contribution in [-0.4, -0.2) is 34.3 Å². The highest BCUT2D eigenvalue weighted by molar-refractivity contribution is 14.0. The maximum absolute atomic E-state index is 4.38. The van der Waals surface area contributed by atoms with Crippen LogP contribution in [-0.2, 0) is 19.5 Å². The van der Waals surface area contributed by atoms with Crippen LogP contribution in [0, 0.1) is 6.92 Å². The number of nitrogens with one attached hydrogen (secondary N) is 2. The molecule has 2 heterocycles. The molecule has 0 radical (unpaired) electrons. The van der Waals surface area contributed by atoms with Crippen molar-refractivity contribution in [2.24, 2.45) is 4.99 Å². The number of benzene rings is 1. The Morgan fingerprint density at radius 2 is 2.07 bits per heavy atom. The van der Waals surface area contributed by atoms with Gasteiger partial charge in [-0.15, -0.1) is 35.3 Å². The Labute approximate surface area is 181 Å². The van der Waals surface area contributed by atoms with Gasteiger partial charge in [0.15, 0.2) is 5.96 Å². The van der Waals surface area contributed by atoms with E-state index in [0.717, 1.165) is 37.0 Å². The summed E-state index contributed by atoms with van der Waals surface area (Å²) in [7, 11) is 1.79. The number of aliphatic imine (C=N–C) groups is 1. The Bertz CT molecular complexity index is 844. The van der Waals surface area contributed by atoms with Crippen molar-refractivity contribution in [2.75, 3.05) is 13.6 Å². The van der Waals surface area contributed by atoms with Crippen molar-refractivity contribution in [1.82, 2.24) is 25.4 Å². The fourth-order valence-electron chi connectivity index (χ4n) is 2.63. The van der Waals surface area contributed by atoms with E-state index < -0.39 is 0 Å². The Balaban J connectivity index is 0.00000261. The number of aryl methyl sites for hydroxylation is 1. The van der Waals surface area contributed by atoms with Crippen LogP contribution < -0.4 is 10.6 Å². The number of halogens is 1. The third-order valence-corrected chi connectivity index (χ3v) is 4.85. The SMILES string of the molecule is CN=C(NCCc1ncc(C)s1)NCc1cccc(Cn2cccn2)c1.I. The van der Waals surface area contributed by atoms with Crippen molar-refractivity contribution in [3.8, 4) is 0 Å². The minimum absolute atomic E-state index is 0. The molecule has 0 spiro atoms. The molecule has 0 saturated carbocycles. The zero-order valence-corrected chi connectivity index (χ0v) is 18.7. The predicted octanol–water partition coefficient (Wildman–Crippen LogP) is 3.22. The van der Waals surface area contributed by atoms with Crippen LogP contribution in [0.1, 0.15) is 21.0 Å². The van der Waals surface area contributed by atoms with Crippen molar-refractivity contribution in [2.45, 2.75) is 26.4 Å². The van der Waals surface area contributed by atoms with Crippen molar-refractivity contribution in [1.29, 1.82) is 0 Å². The van der Waals surface area contributed by atoms with E-state index in [2.05, 4.69) is 56.9 Å². The number of hydrogen-bond donors (Lipinski definition) is 2. The van der Waals surface area contributed by atoms with Crippen molar-refractivity contribution < 1.29 is 0 Å². The van der Waals surface area contributed by atoms with E-state index in [0.29, 0.717) is 0 Å². The van der Waals surface area contributed by atoms with Crippen molar-refractivity contribution >= 4 is 41.3 Å². The molecule has 3 rings (SSSR count). The molecule has 3 aromatic rings. The summed E-state index contributed by atoms with van der Waals surface area (Å²) in [6, 6.07) is 10.4. The predicted molar refractivity (Wildman–Crippen MR) is 122 cm³/mol. The van der Waals surface area contributed by atoms with Gasteiger partial charge in [-0.3, -0.25) is 9.67 Å². The molecular weight excluding hydrogens is 471 g/mol. The van der Waals surface area contributed by atoms with E-state index in [9.17, 15) is 0 Å². The molecule has 27 heavy (non-hydrogen) atoms. The van der Waals surface area contributed by atoms with Crippen LogP contribution in [0.15, 0.2) is 53.9 Å². The maximum Gasteiger partial charge on any atom is 0.191 e. The van der Waals surface area contributed by atoms with E-state index in [1.807, 2.05) is 23.1 Å². The van der Waals surface area contributed by atoms with E-state index >= 15 is 0 Å². The number of thiazole rings is 1. The first kappa shape index (κ1) is 21.4. The number of aromatic nitrogens is 3. The average molecular weight is 496 g/mol. The first-order valence-corrected chi connectivity index (χ1v) is 9.45. The zero-order chi connectivity index (χ0) is 18.2. The summed E-state index contributed by atoms with van der Waals surface area (Å²) in [5, 5.41) is 12.1. The fraction of sp³-hybridized carbons (Fsp3) is 0.316. The Hall–Kier alpha value is -1.94. The van der Waals surface area contributed by atoms with Gasteiger partial charge >= 0.3 is 0 Å². The molecule has 6 nitrogen and oxygen atoms in total. The lowest BCUT2D eigenvalue weighted by atomic mass is 10.1. The molecule has 2 N–H and O–H groups in total. The van der Waals surface area contributed by atoms with E-state index in [1.54, 1.807) is 24.6 Å². The van der Waals surface area contributed by atoms with Crippen LogP contribution in [0.4, 0.5) is 0 Å². The van der Waals surface area contributed by atoms with Gasteiger partial charge in [-0.1, -0.05) is 24.3 Å². The molecule has 0 aliphatic heterocycles. The van der Waals surface area contributed by atoms with Crippen LogP contribution in [0.5, 0.6) is 0 Å². The van der Waals surface area contributed by atoms with Crippen LogP contribution >= 0.6 is 35.3 Å². The topological polar surface area (TPSA) is 67.1 Å². The molecule has 0 amide bonds. The summed E-state index contributed by atoms with van der Waals surface area (Å²) in [6.07, 6.45) is 6.59. The highest BCUT2D eigenvalue weighted by Gasteiger charge is 2.02. The van der Waals surface area contributed by atoms with Crippen LogP contribution in [0.3, 0.4) is 0 Å². The first-order chi connectivity index (χ1) is 12.7. The highest BCUT2D eigenvalue weighted by atomic mass is 127. The lowest BCUT2D eigenvalue weighted by molar-refractivity contribution is 0.685. The summed E-state index contributed by atoms with van der Waals surface area (Å²) in [5.74, 6) is 0.802. The smallest absolute Gasteiger partial charge is 0.191 e. The molecule has 8 heteroatoms. The van der Waals surface area contributed by atoms with Gasteiger partial charge in [0.1, 0.15) is 0 Å². The van der Waals surface area contributed by atoms with Crippen LogP contribution in [0.2, 0.25) is 0 Å². The quantitative estimate of drug-likeness (QED) is 0.300. The van der Waals surface area contributed by atoms with Crippen molar-refractivity contribution in [3.63, 3.8) is 0 Å². The number of hydrogen-bond acceptors (Lipinski definition) is 4. The molecule has 144 valence electrons. The van der Waals surface area contributed by atoms with E-state index in [1.165, 1.54) is 16.0 Å². The second kappa shape index (κ2) is 11.0. The largest absolute Gasteiger partial charge is 0.356 e. The summed E-state index contributed by atoms with van der Waals surface area (Å²) in [5.41, 5.74) is 2.45. The molecule has 0 atom stereocenters. The summed E-state index contributed by atoms with van der Waals surface area (Å²) < 4.78 is 1.92. The van der Waals surface area contributed by atoms with Gasteiger partial charge in [0.25, 0.3) is 0 Å². The third kappa shape index (κ3) is 6.94. The molecule has 0 bridgehead atoms. The van der Waals surface area contributed by atoms with Gasteiger partial charge in [-0.25, -0.2) is 4.98 Å². The average Bonchev–Trinajstić information content (AvgIpc) is 3.30. The minimum atomic E-state index is 0. The Morgan fingerprint density at radius 1 is 1.22 bits per heavy atom. The third-order valence-electron chi connectivity index (χ3n) is 3.88. The van der Waals surface area contributed by atoms with E-state index in [4.69, 9.17) is 0 Å². The maximum atomic E-state index is 4.38. The lowest BCUT2D eigenvalue weighted by Gasteiger charge is -2.12. The summed E-state index contributed by atoms with van der Waals surface area (Å²) >= 11 is 1.74. The zero-order valence-electron chi connectivity index (χ0n) is 15.6. The molecular formula is C19H25IN6S. The Kier molecular flexibility index (Phi) is 8.73. The monoisotopic (exact) mass is 496 g/mol. The minimum Gasteiger partial charge on any atom is -0.356 e. The lowest BCUT2D eigenvalue weighted by Crippen LogP contribution is -2.37. The molecule has 0 saturated heterocycles. The van der Waals surface area contributed by atoms with Crippen molar-refractivity contribution in [3.05, 3.63) is 69.9 Å². The fourth-order valence-corrected chi connectivity index (χ4v) is 3.42. The normalized spacial score (nSPS) is 11.1. The second-order valence-electron chi connectivity index (χ2n) is 5.99. The van der Waals surface area contributed by atoms with Gasteiger partial charge in [-0.05, 0) is 24.1 Å². The van der Waals surface area contributed by atoms with Gasteiger partial charge in [-0.2, -0.15) is 5.10 Å². The summed E-state index contributed by atoms with van der Waals surface area (Å²) in [4.78, 5) is 9.92. The standard InChI is InChI=1S/C19H24N6S.HI/c1-15-12-22-18(26-15)7-9-21-19(20-2)23-13-16-5-3-6-17(11-16)14-25-10-4-8-24-25;/h3-6,8,10-12H,7,9,13-14H2,1-2H3,(H2,20,21,23);1H. The molecule has 0 aliphatic rings. The molecule has 2 aromatic heterocycles.